The second-order valence-electron chi connectivity index (χ2n) is 11.2. The van der Waals surface area contributed by atoms with Crippen LogP contribution in [0.2, 0.25) is 10.0 Å². The fraction of sp³-hybridized carbons (Fsp3) is 0.211. The molecule has 0 bridgehead atoms. The van der Waals surface area contributed by atoms with E-state index < -0.39 is 0 Å². The van der Waals surface area contributed by atoms with Crippen LogP contribution in [0.5, 0.6) is 11.5 Å². The highest BCUT2D eigenvalue weighted by Gasteiger charge is 2.17. The van der Waals surface area contributed by atoms with Gasteiger partial charge in [0.05, 0.1) is 22.8 Å². The molecule has 4 N–H and O–H groups in total. The van der Waals surface area contributed by atoms with E-state index in [0.717, 1.165) is 65.6 Å². The lowest BCUT2D eigenvalue weighted by atomic mass is 10.0. The number of benzene rings is 4. The van der Waals surface area contributed by atoms with Gasteiger partial charge in [-0.15, -0.1) is 0 Å². The largest absolute Gasteiger partial charge is 0.496 e. The predicted octanol–water partition coefficient (Wildman–Crippen LogP) is 8.96. The summed E-state index contributed by atoms with van der Waals surface area (Å²) in [7, 11) is 3.28. The Hall–Kier alpha value is -4.19. The first-order chi connectivity index (χ1) is 23.8. The van der Waals surface area contributed by atoms with Crippen molar-refractivity contribution < 1.29 is 19.1 Å². The van der Waals surface area contributed by atoms with Gasteiger partial charge in [-0.1, -0.05) is 72.6 Å². The molecular weight excluding hydrogens is 774 g/mol. The molecule has 0 aliphatic carbocycles. The molecule has 6 aromatic rings. The van der Waals surface area contributed by atoms with Gasteiger partial charge in [-0.25, -0.2) is 0 Å². The van der Waals surface area contributed by atoms with Crippen LogP contribution in [-0.4, -0.2) is 49.6 Å². The standard InChI is InChI=1S/C20H21IN2O2.C18H16Cl2N2O2/c1-3-19(24)22-10-9-14-15-11-18(25-2)16(21)12-17(15)23-20(14)13-7-5-4-6-8-13;1-24-17-8-14-13(6-7-21-10-23)18(22-16(14)9-15(17)20)11-2-4-12(19)5-3-11/h4-8,11-12,23H,3,9-10H2,1-2H3,(H,22,24);2-5,8-10,22H,6-7H2,1H3,(H,21,23). The maximum absolute atomic E-state index is 11.6. The molecule has 8 nitrogen and oxygen atoms in total. The number of hydrogen-bond donors (Lipinski definition) is 4. The van der Waals surface area contributed by atoms with Gasteiger partial charge in [0.1, 0.15) is 11.5 Å². The monoisotopic (exact) mass is 810 g/mol. The number of methoxy groups -OCH3 is 2. The highest BCUT2D eigenvalue weighted by atomic mass is 127. The highest BCUT2D eigenvalue weighted by molar-refractivity contribution is 14.1. The molecule has 2 aromatic heterocycles. The predicted molar refractivity (Wildman–Crippen MR) is 208 cm³/mol. The molecule has 0 aliphatic rings. The molecular formula is C38H37Cl2IN4O4. The number of halogens is 3. The van der Waals surface area contributed by atoms with Crippen molar-refractivity contribution in [1.82, 2.24) is 20.6 Å². The second-order valence-corrected chi connectivity index (χ2v) is 13.2. The average molecular weight is 812 g/mol. The summed E-state index contributed by atoms with van der Waals surface area (Å²) in [5.41, 5.74) is 8.55. The van der Waals surface area contributed by atoms with Gasteiger partial charge in [-0.05, 0) is 94.1 Å². The zero-order valence-corrected chi connectivity index (χ0v) is 31.1. The lowest BCUT2D eigenvalue weighted by Gasteiger charge is -2.08. The molecule has 11 heteroatoms. The number of carbonyl (C=O) groups excluding carboxylic acids is 2. The molecule has 0 spiro atoms. The van der Waals surface area contributed by atoms with Gasteiger partial charge in [-0.2, -0.15) is 0 Å². The van der Waals surface area contributed by atoms with Gasteiger partial charge in [0, 0.05) is 57.7 Å². The van der Waals surface area contributed by atoms with Crippen LogP contribution in [0.1, 0.15) is 24.5 Å². The van der Waals surface area contributed by atoms with Crippen LogP contribution >= 0.6 is 45.8 Å². The van der Waals surface area contributed by atoms with E-state index >= 15 is 0 Å². The minimum absolute atomic E-state index is 0.0771. The Labute approximate surface area is 309 Å². The fourth-order valence-electron chi connectivity index (χ4n) is 5.76. The molecule has 0 fully saturated rings. The normalized spacial score (nSPS) is 10.8. The first-order valence-electron chi connectivity index (χ1n) is 15.8. The van der Waals surface area contributed by atoms with Crippen LogP contribution in [-0.2, 0) is 22.4 Å². The van der Waals surface area contributed by atoms with E-state index in [9.17, 15) is 9.59 Å². The van der Waals surface area contributed by atoms with Crippen LogP contribution in [0.25, 0.3) is 44.3 Å². The first kappa shape index (κ1) is 36.1. The molecule has 2 heterocycles. The maximum atomic E-state index is 11.6. The van der Waals surface area contributed by atoms with E-state index in [1.165, 1.54) is 5.56 Å². The number of H-pyrrole nitrogens is 2. The molecule has 4 aromatic carbocycles. The van der Waals surface area contributed by atoms with E-state index in [4.69, 9.17) is 32.7 Å². The summed E-state index contributed by atoms with van der Waals surface area (Å²) in [6.07, 6.45) is 2.65. The third kappa shape index (κ3) is 8.52. The summed E-state index contributed by atoms with van der Waals surface area (Å²) in [5.74, 6) is 1.56. The van der Waals surface area contributed by atoms with Crippen LogP contribution < -0.4 is 20.1 Å². The molecule has 0 atom stereocenters. The van der Waals surface area contributed by atoms with Crippen LogP contribution in [0, 0.1) is 3.57 Å². The van der Waals surface area contributed by atoms with Gasteiger partial charge >= 0.3 is 0 Å². The van der Waals surface area contributed by atoms with E-state index in [1.54, 1.807) is 14.2 Å². The lowest BCUT2D eigenvalue weighted by molar-refractivity contribution is -0.120. The van der Waals surface area contributed by atoms with Gasteiger partial charge in [-0.3, -0.25) is 9.59 Å². The van der Waals surface area contributed by atoms with E-state index in [2.05, 4.69) is 67.5 Å². The Morgan fingerprint density at radius 2 is 1.37 bits per heavy atom. The van der Waals surface area contributed by atoms with Gasteiger partial charge in [0.15, 0.2) is 0 Å². The van der Waals surface area contributed by atoms with Crippen molar-refractivity contribution in [3.63, 3.8) is 0 Å². The number of hydrogen-bond acceptors (Lipinski definition) is 4. The maximum Gasteiger partial charge on any atom is 0.219 e. The number of aromatic nitrogens is 2. The van der Waals surface area contributed by atoms with Crippen molar-refractivity contribution in [2.45, 2.75) is 26.2 Å². The van der Waals surface area contributed by atoms with Gasteiger partial charge < -0.3 is 30.1 Å². The Morgan fingerprint density at radius 3 is 1.96 bits per heavy atom. The summed E-state index contributed by atoms with van der Waals surface area (Å²) in [5, 5.41) is 9.07. The number of ether oxygens (including phenoxy) is 2. The fourth-order valence-corrected chi connectivity index (χ4v) is 6.81. The average Bonchev–Trinajstić information content (AvgIpc) is 3.65. The zero-order chi connectivity index (χ0) is 34.9. The Bertz CT molecular complexity index is 2060. The SMILES string of the molecule is CCC(=O)NCCc1c(-c2ccccc2)[nH]c2cc(I)c(OC)cc12.COc1cc2c(CCNC=O)c(-c3ccc(Cl)cc3)[nH]c2cc1Cl. The van der Waals surface area contributed by atoms with Crippen LogP contribution in [0.15, 0.2) is 78.9 Å². The number of nitrogens with one attached hydrogen (secondary N) is 4. The third-order valence-electron chi connectivity index (χ3n) is 8.17. The smallest absolute Gasteiger partial charge is 0.219 e. The van der Waals surface area contributed by atoms with E-state index in [-0.39, 0.29) is 5.91 Å². The first-order valence-corrected chi connectivity index (χ1v) is 17.6. The molecule has 0 radical (unpaired) electrons. The molecule has 49 heavy (non-hydrogen) atoms. The Morgan fingerprint density at radius 1 is 0.796 bits per heavy atom. The van der Waals surface area contributed by atoms with Crippen molar-refractivity contribution >= 4 is 79.9 Å². The Balaban J connectivity index is 0.000000191. The Kier molecular flexibility index (Phi) is 12.5. The number of amides is 2. The molecule has 0 aliphatic heterocycles. The number of rotatable bonds is 12. The number of carbonyl (C=O) groups is 2. The molecule has 6 rings (SSSR count). The second kappa shape index (κ2) is 17.0. The van der Waals surface area contributed by atoms with Crippen molar-refractivity contribution in [2.24, 2.45) is 0 Å². The summed E-state index contributed by atoms with van der Waals surface area (Å²) < 4.78 is 11.9. The van der Waals surface area contributed by atoms with Gasteiger partial charge in [0.25, 0.3) is 0 Å². The summed E-state index contributed by atoms with van der Waals surface area (Å²) in [4.78, 5) is 29.1. The van der Waals surface area contributed by atoms with Crippen molar-refractivity contribution in [1.29, 1.82) is 0 Å². The molecule has 2 amide bonds. The van der Waals surface area contributed by atoms with E-state index in [1.807, 2.05) is 61.5 Å². The summed E-state index contributed by atoms with van der Waals surface area (Å²) in [6, 6.07) is 25.9. The zero-order valence-electron chi connectivity index (χ0n) is 27.4. The summed E-state index contributed by atoms with van der Waals surface area (Å²) in [6.45, 7) is 3.03. The molecule has 0 saturated heterocycles. The number of fused-ring (bicyclic) bond motifs is 2. The van der Waals surface area contributed by atoms with E-state index in [0.29, 0.717) is 48.1 Å². The molecule has 0 unspecified atom stereocenters. The molecule has 254 valence electrons. The van der Waals surface area contributed by atoms with Crippen LogP contribution in [0.4, 0.5) is 0 Å². The summed E-state index contributed by atoms with van der Waals surface area (Å²) >= 11 is 14.5. The van der Waals surface area contributed by atoms with Gasteiger partial charge in [0.2, 0.25) is 12.3 Å². The third-order valence-corrected chi connectivity index (χ3v) is 9.56. The quantitative estimate of drug-likeness (QED) is 0.0563. The minimum atomic E-state index is 0.0771. The lowest BCUT2D eigenvalue weighted by Crippen LogP contribution is -2.24. The number of aromatic amines is 2. The van der Waals surface area contributed by atoms with Crippen LogP contribution in [0.3, 0.4) is 0 Å². The van der Waals surface area contributed by atoms with Crippen molar-refractivity contribution in [3.8, 4) is 34.0 Å². The van der Waals surface area contributed by atoms with Crippen molar-refractivity contribution in [3.05, 3.63) is 104 Å². The molecule has 0 saturated carbocycles. The topological polar surface area (TPSA) is 108 Å². The minimum Gasteiger partial charge on any atom is -0.496 e. The van der Waals surface area contributed by atoms with Crippen molar-refractivity contribution in [2.75, 3.05) is 27.3 Å². The highest BCUT2D eigenvalue weighted by Crippen LogP contribution is 2.37.